The Morgan fingerprint density at radius 1 is 0.435 bits per heavy atom. The Morgan fingerprint density at radius 2 is 0.726 bits per heavy atom. The van der Waals surface area contributed by atoms with E-state index in [1.54, 1.807) is 0 Å². The molecular weight excluding hydrogens is 798 g/mol. The molecule has 0 heterocycles. The Morgan fingerprint density at radius 3 is 1.03 bits per heavy atom. The summed E-state index contributed by atoms with van der Waals surface area (Å²) in [6.07, 6.45) is 49.1. The number of quaternary nitrogens is 1. The average Bonchev–Trinajstić information content (AvgIpc) is 3.23. The molecule has 0 aromatic carbocycles. The molecule has 0 aliphatic rings. The second-order valence-corrected chi connectivity index (χ2v) is 21.0. The first-order valence-corrected chi connectivity index (χ1v) is 28.2. The monoisotopic (exact) mass is 902 g/mol. The van der Waals surface area contributed by atoms with Gasteiger partial charge in [0.05, 0.1) is 27.7 Å². The lowest BCUT2D eigenvalue weighted by atomic mass is 10.0. The van der Waals surface area contributed by atoms with Gasteiger partial charge in [0.25, 0.3) is 7.82 Å². The van der Waals surface area contributed by atoms with E-state index in [0.717, 1.165) is 32.1 Å². The molecule has 0 aromatic rings. The maximum atomic E-state index is 12.7. The van der Waals surface area contributed by atoms with Gasteiger partial charge in [0.1, 0.15) is 19.8 Å². The molecule has 9 nitrogen and oxygen atoms in total. The number of phosphoric acid groups is 1. The fourth-order valence-corrected chi connectivity index (χ4v) is 8.68. The third-order valence-electron chi connectivity index (χ3n) is 12.1. The number of nitrogens with zero attached hydrogens (tertiary/aromatic N) is 1. The zero-order chi connectivity index (χ0) is 45.7. The van der Waals surface area contributed by atoms with Gasteiger partial charge in [-0.05, 0) is 12.8 Å². The van der Waals surface area contributed by atoms with Gasteiger partial charge >= 0.3 is 11.9 Å². The summed E-state index contributed by atoms with van der Waals surface area (Å²) in [5.74, 6) is -0.825. The molecule has 62 heavy (non-hydrogen) atoms. The van der Waals surface area contributed by atoms with Crippen molar-refractivity contribution in [1.29, 1.82) is 0 Å². The van der Waals surface area contributed by atoms with E-state index in [1.807, 2.05) is 21.1 Å². The Bertz CT molecular complexity index is 1020. The largest absolute Gasteiger partial charge is 0.756 e. The molecule has 0 bridgehead atoms. The lowest BCUT2D eigenvalue weighted by Crippen LogP contribution is -2.37. The summed E-state index contributed by atoms with van der Waals surface area (Å²) in [5, 5.41) is 0. The van der Waals surface area contributed by atoms with Crippen LogP contribution in [0.25, 0.3) is 0 Å². The SMILES string of the molecule is CCCCCCCCCCCCCCCCCCCCCCCCCCCCCCCCCC(=O)OC(COC(=O)CCCCCCCCC)COP(=O)([O-])OCC[N+](C)(C)C. The van der Waals surface area contributed by atoms with E-state index >= 15 is 0 Å². The normalized spacial score (nSPS) is 13.3. The van der Waals surface area contributed by atoms with Gasteiger partial charge in [-0.1, -0.05) is 245 Å². The molecule has 0 amide bonds. The summed E-state index contributed by atoms with van der Waals surface area (Å²) in [5.41, 5.74) is 0. The van der Waals surface area contributed by atoms with Gasteiger partial charge < -0.3 is 27.9 Å². The van der Waals surface area contributed by atoms with Gasteiger partial charge in [-0.3, -0.25) is 14.2 Å². The molecule has 0 spiro atoms. The third-order valence-corrected chi connectivity index (χ3v) is 13.1. The quantitative estimate of drug-likeness (QED) is 0.0257. The van der Waals surface area contributed by atoms with Crippen LogP contribution in [0.5, 0.6) is 0 Å². The smallest absolute Gasteiger partial charge is 0.306 e. The average molecular weight is 902 g/mol. The molecule has 0 aromatic heterocycles. The van der Waals surface area contributed by atoms with Crippen molar-refractivity contribution >= 4 is 19.8 Å². The number of carbonyl (C=O) groups is 2. The minimum atomic E-state index is -4.61. The Hall–Kier alpha value is -0.990. The zero-order valence-corrected chi connectivity index (χ0v) is 42.7. The minimum Gasteiger partial charge on any atom is -0.756 e. The topological polar surface area (TPSA) is 111 Å². The molecule has 370 valence electrons. The highest BCUT2D eigenvalue weighted by Crippen LogP contribution is 2.38. The van der Waals surface area contributed by atoms with Gasteiger partial charge in [0.2, 0.25) is 0 Å². The van der Waals surface area contributed by atoms with E-state index in [0.29, 0.717) is 17.4 Å². The zero-order valence-electron chi connectivity index (χ0n) is 41.9. The van der Waals surface area contributed by atoms with Crippen LogP contribution < -0.4 is 4.89 Å². The summed E-state index contributed by atoms with van der Waals surface area (Å²) in [7, 11) is 1.18. The maximum absolute atomic E-state index is 12.7. The summed E-state index contributed by atoms with van der Waals surface area (Å²) < 4.78 is 33.9. The summed E-state index contributed by atoms with van der Waals surface area (Å²) in [6.45, 7) is 4.23. The molecule has 0 saturated heterocycles. The number of ether oxygens (including phenoxy) is 2. The number of unbranched alkanes of at least 4 members (excludes halogenated alkanes) is 36. The molecule has 0 N–H and O–H groups in total. The van der Waals surface area contributed by atoms with Crippen LogP contribution in [0, 0.1) is 0 Å². The molecule has 0 aliphatic carbocycles. The maximum Gasteiger partial charge on any atom is 0.306 e. The van der Waals surface area contributed by atoms with Crippen LogP contribution in [0.2, 0.25) is 0 Å². The molecule has 0 rings (SSSR count). The predicted molar refractivity (Wildman–Crippen MR) is 259 cm³/mol. The highest BCUT2D eigenvalue weighted by molar-refractivity contribution is 7.45. The standard InChI is InChI=1S/C52H104NO8P/c1-6-8-10-12-14-15-16-17-18-19-20-21-22-23-24-25-26-27-28-29-30-31-32-33-34-35-36-37-39-41-43-45-52(55)61-50(49-60-62(56,57)59-47-46-53(3,4)5)48-58-51(54)44-42-40-38-13-11-9-7-2/h50H,6-49H2,1-5H3. The van der Waals surface area contributed by atoms with Crippen LogP contribution in [-0.4, -0.2) is 70.0 Å². The van der Waals surface area contributed by atoms with E-state index in [4.69, 9.17) is 18.5 Å². The minimum absolute atomic E-state index is 0.0259. The molecular formula is C52H104NO8P. The first-order valence-electron chi connectivity index (χ1n) is 26.7. The Labute approximate surface area is 384 Å². The van der Waals surface area contributed by atoms with Crippen molar-refractivity contribution in [3.05, 3.63) is 0 Å². The van der Waals surface area contributed by atoms with E-state index < -0.39 is 26.5 Å². The van der Waals surface area contributed by atoms with E-state index in [2.05, 4.69) is 13.8 Å². The van der Waals surface area contributed by atoms with Crippen LogP contribution in [0.3, 0.4) is 0 Å². The second-order valence-electron chi connectivity index (χ2n) is 19.6. The van der Waals surface area contributed by atoms with Crippen molar-refractivity contribution in [3.63, 3.8) is 0 Å². The van der Waals surface area contributed by atoms with E-state index in [-0.39, 0.29) is 32.0 Å². The van der Waals surface area contributed by atoms with Crippen molar-refractivity contribution in [2.75, 3.05) is 47.5 Å². The molecule has 2 unspecified atom stereocenters. The number of esters is 2. The van der Waals surface area contributed by atoms with Crippen molar-refractivity contribution in [2.45, 2.75) is 277 Å². The lowest BCUT2D eigenvalue weighted by molar-refractivity contribution is -0.870. The molecule has 0 aliphatic heterocycles. The number of rotatable bonds is 50. The molecule has 0 radical (unpaired) electrons. The molecule has 0 saturated carbocycles. The molecule has 2 atom stereocenters. The number of hydrogen-bond acceptors (Lipinski definition) is 8. The van der Waals surface area contributed by atoms with E-state index in [9.17, 15) is 19.0 Å². The van der Waals surface area contributed by atoms with Gasteiger partial charge in [-0.15, -0.1) is 0 Å². The Balaban J connectivity index is 3.87. The van der Waals surface area contributed by atoms with Crippen molar-refractivity contribution in [3.8, 4) is 0 Å². The molecule has 10 heteroatoms. The van der Waals surface area contributed by atoms with Gasteiger partial charge in [0, 0.05) is 12.8 Å². The number of hydrogen-bond donors (Lipinski definition) is 0. The van der Waals surface area contributed by atoms with Crippen molar-refractivity contribution < 1.29 is 42.1 Å². The lowest BCUT2D eigenvalue weighted by Gasteiger charge is -2.28. The first-order chi connectivity index (χ1) is 30.0. The highest BCUT2D eigenvalue weighted by atomic mass is 31.2. The van der Waals surface area contributed by atoms with Crippen LogP contribution in [-0.2, 0) is 32.7 Å². The fourth-order valence-electron chi connectivity index (χ4n) is 7.95. The third kappa shape index (κ3) is 48.5. The van der Waals surface area contributed by atoms with Crippen molar-refractivity contribution in [2.24, 2.45) is 0 Å². The molecule has 0 fully saturated rings. The van der Waals surface area contributed by atoms with Crippen LogP contribution >= 0.6 is 7.82 Å². The summed E-state index contributed by atoms with van der Waals surface area (Å²) >= 11 is 0. The van der Waals surface area contributed by atoms with Gasteiger partial charge in [-0.2, -0.15) is 0 Å². The van der Waals surface area contributed by atoms with Crippen LogP contribution in [0.4, 0.5) is 0 Å². The summed E-state index contributed by atoms with van der Waals surface area (Å²) in [6, 6.07) is 0. The second kappa shape index (κ2) is 45.2. The Kier molecular flexibility index (Phi) is 44.5. The number of likely N-dealkylation sites (N-methyl/N-ethyl adjacent to an activating group) is 1. The number of phosphoric ester groups is 1. The van der Waals surface area contributed by atoms with Crippen LogP contribution in [0.1, 0.15) is 271 Å². The predicted octanol–water partition coefficient (Wildman–Crippen LogP) is 15.3. The van der Waals surface area contributed by atoms with Crippen molar-refractivity contribution in [1.82, 2.24) is 0 Å². The van der Waals surface area contributed by atoms with Gasteiger partial charge in [-0.25, -0.2) is 0 Å². The number of carbonyl (C=O) groups excluding carboxylic acids is 2. The summed E-state index contributed by atoms with van der Waals surface area (Å²) in [4.78, 5) is 37.4. The van der Waals surface area contributed by atoms with E-state index in [1.165, 1.54) is 205 Å². The highest BCUT2D eigenvalue weighted by Gasteiger charge is 2.21. The fraction of sp³-hybridized carbons (Fsp3) is 0.962. The van der Waals surface area contributed by atoms with Crippen LogP contribution in [0.15, 0.2) is 0 Å². The first kappa shape index (κ1) is 61.0. The van der Waals surface area contributed by atoms with Gasteiger partial charge in [0.15, 0.2) is 6.10 Å².